The summed E-state index contributed by atoms with van der Waals surface area (Å²) in [4.78, 5) is 13.7. The van der Waals surface area contributed by atoms with E-state index in [1.807, 2.05) is 12.1 Å². The molecule has 0 spiro atoms. The van der Waals surface area contributed by atoms with Gasteiger partial charge in [0.2, 0.25) is 0 Å². The number of hydrogen-bond acceptors (Lipinski definition) is 5. The highest BCUT2D eigenvalue weighted by Crippen LogP contribution is 2.40. The van der Waals surface area contributed by atoms with Gasteiger partial charge in [0.1, 0.15) is 5.75 Å². The Morgan fingerprint density at radius 1 is 1.03 bits per heavy atom. The Hall–Kier alpha value is -2.45. The Kier molecular flexibility index (Phi) is 6.53. The second-order valence-corrected chi connectivity index (χ2v) is 10.8. The van der Waals surface area contributed by atoms with Gasteiger partial charge in [-0.1, -0.05) is 53.2 Å². The molecule has 0 aromatic heterocycles. The largest absolute Gasteiger partial charge is 0.497 e. The Labute approximate surface area is 200 Å². The summed E-state index contributed by atoms with van der Waals surface area (Å²) in [5.41, 5.74) is 1.74. The number of carbonyl (C=O) groups is 1. The summed E-state index contributed by atoms with van der Waals surface area (Å²) >= 11 is 13.5. The normalized spacial score (nSPS) is 14.7. The third-order valence-electron chi connectivity index (χ3n) is 4.81. The molecule has 0 bridgehead atoms. The third kappa shape index (κ3) is 4.81. The molecule has 0 radical (unpaired) electrons. The number of carbonyl (C=O) groups excluding carboxylic acids is 1. The number of hydrogen-bond donors (Lipinski definition) is 1. The van der Waals surface area contributed by atoms with Crippen LogP contribution >= 0.6 is 35.0 Å². The molecule has 0 aliphatic carbocycles. The van der Waals surface area contributed by atoms with E-state index in [1.165, 1.54) is 17.8 Å². The molecule has 1 amide bonds. The average molecular weight is 506 g/mol. The molecule has 1 N–H and O–H groups in total. The van der Waals surface area contributed by atoms with E-state index >= 15 is 0 Å². The van der Waals surface area contributed by atoms with E-state index in [0.717, 1.165) is 5.56 Å². The second-order valence-electron chi connectivity index (χ2n) is 6.96. The van der Waals surface area contributed by atoms with Crippen LogP contribution in [-0.2, 0) is 20.4 Å². The zero-order valence-corrected chi connectivity index (χ0v) is 19.9. The standard InChI is InChI=1S/C23H17Cl2NO4S2/c1-30-15-7-5-14(6-8-15)11-22-23(27)26-20-10-9-16(12-21(20)31-22)32(28,29)13-17-18(24)3-2-4-19(17)25/h2-12H,13H2,1H3,(H,26,27). The number of nitrogens with one attached hydrogen (secondary N) is 1. The molecule has 0 saturated carbocycles. The molecular formula is C23H17Cl2NO4S2. The van der Waals surface area contributed by atoms with Gasteiger partial charge in [0, 0.05) is 20.5 Å². The summed E-state index contributed by atoms with van der Waals surface area (Å²) in [6.07, 6.45) is 1.74. The third-order valence-corrected chi connectivity index (χ3v) is 8.24. The van der Waals surface area contributed by atoms with Gasteiger partial charge < -0.3 is 10.1 Å². The van der Waals surface area contributed by atoms with Gasteiger partial charge >= 0.3 is 0 Å². The monoisotopic (exact) mass is 505 g/mol. The molecular weight excluding hydrogens is 489 g/mol. The van der Waals surface area contributed by atoms with Crippen molar-refractivity contribution in [3.8, 4) is 5.75 Å². The van der Waals surface area contributed by atoms with Crippen LogP contribution in [0.3, 0.4) is 0 Å². The number of sulfone groups is 1. The van der Waals surface area contributed by atoms with Crippen molar-refractivity contribution in [2.24, 2.45) is 0 Å². The molecule has 32 heavy (non-hydrogen) atoms. The molecule has 4 rings (SSSR count). The molecule has 0 atom stereocenters. The molecule has 3 aromatic carbocycles. The Morgan fingerprint density at radius 3 is 2.38 bits per heavy atom. The fourth-order valence-corrected chi connectivity index (χ4v) is 6.31. The zero-order chi connectivity index (χ0) is 22.9. The molecule has 1 heterocycles. The van der Waals surface area contributed by atoms with Gasteiger partial charge in [0.25, 0.3) is 5.91 Å². The maximum Gasteiger partial charge on any atom is 0.262 e. The summed E-state index contributed by atoms with van der Waals surface area (Å²) in [5, 5.41) is 3.40. The average Bonchev–Trinajstić information content (AvgIpc) is 2.77. The van der Waals surface area contributed by atoms with Crippen molar-refractivity contribution in [1.29, 1.82) is 0 Å². The van der Waals surface area contributed by atoms with Crippen LogP contribution in [0.2, 0.25) is 10.0 Å². The summed E-state index contributed by atoms with van der Waals surface area (Å²) in [7, 11) is -2.13. The summed E-state index contributed by atoms with van der Waals surface area (Å²) in [6.45, 7) is 0. The molecule has 0 saturated heterocycles. The van der Waals surface area contributed by atoms with Crippen LogP contribution in [0.5, 0.6) is 5.75 Å². The number of amides is 1. The van der Waals surface area contributed by atoms with Crippen LogP contribution in [-0.4, -0.2) is 21.4 Å². The van der Waals surface area contributed by atoms with Gasteiger partial charge in [-0.2, -0.15) is 0 Å². The molecule has 9 heteroatoms. The van der Waals surface area contributed by atoms with E-state index < -0.39 is 9.84 Å². The van der Waals surface area contributed by atoms with Crippen LogP contribution in [0.15, 0.2) is 75.4 Å². The molecule has 1 aliphatic rings. The number of rotatable bonds is 5. The number of benzene rings is 3. The summed E-state index contributed by atoms with van der Waals surface area (Å²) in [6, 6.07) is 16.8. The minimum absolute atomic E-state index is 0.125. The van der Waals surface area contributed by atoms with Gasteiger partial charge in [0.05, 0.1) is 28.4 Å². The van der Waals surface area contributed by atoms with E-state index in [9.17, 15) is 13.2 Å². The molecule has 1 aliphatic heterocycles. The fraction of sp³-hybridized carbons (Fsp3) is 0.0870. The number of thioether (sulfide) groups is 1. The SMILES string of the molecule is COc1ccc(C=C2Sc3cc(S(=O)(=O)Cc4c(Cl)cccc4Cl)ccc3NC2=O)cc1. The summed E-state index contributed by atoms with van der Waals surface area (Å²) in [5.74, 6) is 0.138. The predicted octanol–water partition coefficient (Wildman–Crippen LogP) is 6.06. The van der Waals surface area contributed by atoms with E-state index in [2.05, 4.69) is 5.32 Å². The first-order valence-corrected chi connectivity index (χ1v) is 12.6. The highest BCUT2D eigenvalue weighted by molar-refractivity contribution is 8.04. The highest BCUT2D eigenvalue weighted by Gasteiger charge is 2.25. The van der Waals surface area contributed by atoms with E-state index in [1.54, 1.807) is 55.7 Å². The van der Waals surface area contributed by atoms with Gasteiger partial charge in [0.15, 0.2) is 9.84 Å². The predicted molar refractivity (Wildman–Crippen MR) is 129 cm³/mol. The quantitative estimate of drug-likeness (QED) is 0.426. The van der Waals surface area contributed by atoms with Crippen molar-refractivity contribution in [1.82, 2.24) is 0 Å². The van der Waals surface area contributed by atoms with Crippen molar-refractivity contribution in [2.75, 3.05) is 12.4 Å². The smallest absolute Gasteiger partial charge is 0.262 e. The number of halogens is 2. The first kappa shape index (κ1) is 22.7. The molecule has 164 valence electrons. The highest BCUT2D eigenvalue weighted by atomic mass is 35.5. The van der Waals surface area contributed by atoms with Crippen molar-refractivity contribution < 1.29 is 17.9 Å². The Balaban J connectivity index is 1.64. The number of ether oxygens (including phenoxy) is 1. The van der Waals surface area contributed by atoms with Crippen LogP contribution in [0.25, 0.3) is 6.08 Å². The minimum Gasteiger partial charge on any atom is -0.497 e. The van der Waals surface area contributed by atoms with Crippen molar-refractivity contribution in [3.05, 3.63) is 86.7 Å². The number of methoxy groups -OCH3 is 1. The molecule has 5 nitrogen and oxygen atoms in total. The van der Waals surface area contributed by atoms with Crippen molar-refractivity contribution >= 4 is 62.5 Å². The molecule has 0 fully saturated rings. The van der Waals surface area contributed by atoms with E-state index in [4.69, 9.17) is 27.9 Å². The first-order chi connectivity index (χ1) is 15.3. The Morgan fingerprint density at radius 2 is 1.72 bits per heavy atom. The maximum atomic E-state index is 13.0. The lowest BCUT2D eigenvalue weighted by atomic mass is 10.2. The zero-order valence-electron chi connectivity index (χ0n) is 16.8. The van der Waals surface area contributed by atoms with Crippen LogP contribution in [0, 0.1) is 0 Å². The van der Waals surface area contributed by atoms with E-state index in [0.29, 0.717) is 36.8 Å². The second kappa shape index (κ2) is 9.19. The maximum absolute atomic E-state index is 13.0. The lowest BCUT2D eigenvalue weighted by Crippen LogP contribution is -2.17. The van der Waals surface area contributed by atoms with Crippen molar-refractivity contribution in [2.45, 2.75) is 15.5 Å². The Bertz CT molecular complexity index is 1320. The van der Waals surface area contributed by atoms with Gasteiger partial charge in [-0.3, -0.25) is 4.79 Å². The van der Waals surface area contributed by atoms with Crippen LogP contribution in [0.4, 0.5) is 5.69 Å². The molecule has 0 unspecified atom stereocenters. The summed E-state index contributed by atoms with van der Waals surface area (Å²) < 4.78 is 31.2. The van der Waals surface area contributed by atoms with Gasteiger partial charge in [-0.15, -0.1) is 0 Å². The number of anilines is 1. The number of fused-ring (bicyclic) bond motifs is 1. The molecule has 3 aromatic rings. The van der Waals surface area contributed by atoms with Gasteiger partial charge in [-0.25, -0.2) is 8.42 Å². The van der Waals surface area contributed by atoms with Crippen LogP contribution in [0.1, 0.15) is 11.1 Å². The minimum atomic E-state index is -3.72. The lowest BCUT2D eigenvalue weighted by Gasteiger charge is -2.19. The van der Waals surface area contributed by atoms with Gasteiger partial charge in [-0.05, 0) is 54.1 Å². The van der Waals surface area contributed by atoms with E-state index in [-0.39, 0.29) is 16.6 Å². The first-order valence-electron chi connectivity index (χ1n) is 9.41. The van der Waals surface area contributed by atoms with Crippen molar-refractivity contribution in [3.63, 3.8) is 0 Å². The topological polar surface area (TPSA) is 72.5 Å². The van der Waals surface area contributed by atoms with Crippen LogP contribution < -0.4 is 10.1 Å². The fourth-order valence-electron chi connectivity index (χ4n) is 3.12. The lowest BCUT2D eigenvalue weighted by molar-refractivity contribution is -0.112.